The van der Waals surface area contributed by atoms with Gasteiger partial charge in [0.25, 0.3) is 0 Å². The average Bonchev–Trinajstić information content (AvgIpc) is 2.67. The molecule has 3 rings (SSSR count). The second kappa shape index (κ2) is 9.22. The number of benzene rings is 1. The normalized spacial score (nSPS) is 15.7. The highest BCUT2D eigenvalue weighted by molar-refractivity contribution is 9.10. The van der Waals surface area contributed by atoms with Gasteiger partial charge < -0.3 is 15.5 Å². The van der Waals surface area contributed by atoms with Crippen LogP contribution in [0.15, 0.2) is 45.9 Å². The maximum Gasteiger partial charge on any atom is 0.191 e. The summed E-state index contributed by atoms with van der Waals surface area (Å²) in [5.74, 6) is 1.95. The third-order valence-corrected chi connectivity index (χ3v) is 5.50. The van der Waals surface area contributed by atoms with Crippen LogP contribution in [-0.4, -0.2) is 37.1 Å². The Hall–Kier alpha value is -2.08. The number of pyridine rings is 1. The number of aryl methyl sites for hydroxylation is 2. The van der Waals surface area contributed by atoms with Crippen LogP contribution in [-0.2, 0) is 6.54 Å². The van der Waals surface area contributed by atoms with Crippen LogP contribution >= 0.6 is 15.9 Å². The molecule has 0 amide bonds. The minimum atomic E-state index is 0.434. The highest BCUT2D eigenvalue weighted by Crippen LogP contribution is 2.18. The molecule has 1 aliphatic rings. The van der Waals surface area contributed by atoms with Gasteiger partial charge in [-0.1, -0.05) is 28.1 Å². The van der Waals surface area contributed by atoms with Gasteiger partial charge in [0.05, 0.1) is 0 Å². The smallest absolute Gasteiger partial charge is 0.191 e. The summed E-state index contributed by atoms with van der Waals surface area (Å²) in [4.78, 5) is 11.4. The monoisotopic (exact) mass is 429 g/mol. The van der Waals surface area contributed by atoms with Gasteiger partial charge in [-0.3, -0.25) is 4.99 Å². The van der Waals surface area contributed by atoms with Crippen molar-refractivity contribution in [2.24, 2.45) is 4.99 Å². The van der Waals surface area contributed by atoms with Crippen molar-refractivity contribution in [2.45, 2.75) is 39.3 Å². The molecule has 1 aromatic carbocycles. The Kier molecular flexibility index (Phi) is 6.72. The summed E-state index contributed by atoms with van der Waals surface area (Å²) < 4.78 is 1.11. The van der Waals surface area contributed by atoms with Gasteiger partial charge in [-0.2, -0.15) is 0 Å². The first-order chi connectivity index (χ1) is 13.0. The van der Waals surface area contributed by atoms with Gasteiger partial charge in [0, 0.05) is 42.9 Å². The number of piperidine rings is 1. The lowest BCUT2D eigenvalue weighted by atomic mass is 10.1. The molecule has 5 nitrogen and oxygen atoms in total. The molecule has 2 aromatic rings. The molecule has 2 heterocycles. The maximum absolute atomic E-state index is 4.64. The minimum absolute atomic E-state index is 0.434. The molecule has 144 valence electrons. The van der Waals surface area contributed by atoms with Crippen molar-refractivity contribution in [3.8, 4) is 0 Å². The number of aliphatic imine (C=N–C) groups is 1. The van der Waals surface area contributed by atoms with E-state index in [4.69, 9.17) is 0 Å². The van der Waals surface area contributed by atoms with E-state index in [9.17, 15) is 0 Å². The van der Waals surface area contributed by atoms with Gasteiger partial charge in [0.2, 0.25) is 0 Å². The van der Waals surface area contributed by atoms with Crippen LogP contribution in [0.1, 0.15) is 29.7 Å². The fourth-order valence-corrected chi connectivity index (χ4v) is 3.86. The van der Waals surface area contributed by atoms with Crippen molar-refractivity contribution in [1.29, 1.82) is 0 Å². The molecule has 0 spiro atoms. The molecule has 6 heteroatoms. The topological polar surface area (TPSA) is 52.6 Å². The van der Waals surface area contributed by atoms with Gasteiger partial charge in [0.15, 0.2) is 5.96 Å². The first-order valence-corrected chi connectivity index (χ1v) is 10.3. The zero-order valence-electron chi connectivity index (χ0n) is 16.3. The molecule has 1 aromatic heterocycles. The summed E-state index contributed by atoms with van der Waals surface area (Å²) in [6, 6.07) is 13.0. The standard InChI is InChI=1S/C21H28BrN5/c1-15-13-18(22)8-7-17(15)14-24-21(23-3)26-19-9-11-27(12-10-19)20-6-4-5-16(2)25-20/h4-8,13,19H,9-12,14H2,1-3H3,(H2,23,24,26). The van der Waals surface area contributed by atoms with Crippen LogP contribution in [0.5, 0.6) is 0 Å². The molecule has 0 aliphatic carbocycles. The fourth-order valence-electron chi connectivity index (χ4n) is 3.38. The number of aromatic nitrogens is 1. The number of guanidine groups is 1. The Bertz CT molecular complexity index is 797. The third-order valence-electron chi connectivity index (χ3n) is 5.01. The highest BCUT2D eigenvalue weighted by Gasteiger charge is 2.21. The van der Waals surface area contributed by atoms with Crippen LogP contribution in [0, 0.1) is 13.8 Å². The number of hydrogen-bond acceptors (Lipinski definition) is 3. The third kappa shape index (κ3) is 5.45. The Labute approximate surface area is 170 Å². The Morgan fingerprint density at radius 1 is 1.22 bits per heavy atom. The largest absolute Gasteiger partial charge is 0.356 e. The lowest BCUT2D eigenvalue weighted by molar-refractivity contribution is 0.459. The molecule has 0 saturated carbocycles. The SMILES string of the molecule is CN=C(NCc1ccc(Br)cc1C)NC1CCN(c2cccc(C)n2)CC1. The van der Waals surface area contributed by atoms with Gasteiger partial charge in [-0.25, -0.2) is 4.98 Å². The van der Waals surface area contributed by atoms with E-state index in [2.05, 4.69) is 78.7 Å². The van der Waals surface area contributed by atoms with Crippen molar-refractivity contribution in [3.63, 3.8) is 0 Å². The molecule has 27 heavy (non-hydrogen) atoms. The number of halogens is 1. The van der Waals surface area contributed by atoms with E-state index in [1.54, 1.807) is 0 Å². The lowest BCUT2D eigenvalue weighted by Gasteiger charge is -2.34. The molecule has 0 unspecified atom stereocenters. The van der Waals surface area contributed by atoms with Crippen LogP contribution in [0.25, 0.3) is 0 Å². The predicted octanol–water partition coefficient (Wildman–Crippen LogP) is 3.79. The molecule has 1 aliphatic heterocycles. The van der Waals surface area contributed by atoms with Gasteiger partial charge >= 0.3 is 0 Å². The van der Waals surface area contributed by atoms with E-state index < -0.39 is 0 Å². The predicted molar refractivity (Wildman–Crippen MR) is 116 cm³/mol. The van der Waals surface area contributed by atoms with E-state index >= 15 is 0 Å². The van der Waals surface area contributed by atoms with Gasteiger partial charge in [-0.05, 0) is 62.1 Å². The van der Waals surface area contributed by atoms with Crippen LogP contribution in [0.2, 0.25) is 0 Å². The highest BCUT2D eigenvalue weighted by atomic mass is 79.9. The molecule has 2 N–H and O–H groups in total. The first kappa shape index (κ1) is 19.7. The van der Waals surface area contributed by atoms with E-state index in [1.807, 2.05) is 20.0 Å². The second-order valence-corrected chi connectivity index (χ2v) is 7.96. The Morgan fingerprint density at radius 3 is 2.67 bits per heavy atom. The molecule has 0 radical (unpaired) electrons. The minimum Gasteiger partial charge on any atom is -0.356 e. The summed E-state index contributed by atoms with van der Waals surface area (Å²) in [6.45, 7) is 6.96. The van der Waals surface area contributed by atoms with Crippen LogP contribution < -0.4 is 15.5 Å². The molecular weight excluding hydrogens is 402 g/mol. The lowest BCUT2D eigenvalue weighted by Crippen LogP contribution is -2.48. The average molecular weight is 430 g/mol. The van der Waals surface area contributed by atoms with Crippen LogP contribution in [0.4, 0.5) is 5.82 Å². The van der Waals surface area contributed by atoms with Gasteiger partial charge in [0.1, 0.15) is 5.82 Å². The van der Waals surface area contributed by atoms with Crippen molar-refractivity contribution in [3.05, 3.63) is 57.7 Å². The maximum atomic E-state index is 4.64. The van der Waals surface area contributed by atoms with Crippen LogP contribution in [0.3, 0.4) is 0 Å². The van der Waals surface area contributed by atoms with Crippen molar-refractivity contribution in [2.75, 3.05) is 25.0 Å². The van der Waals surface area contributed by atoms with E-state index in [0.717, 1.165) is 54.4 Å². The Balaban J connectivity index is 1.49. The summed E-state index contributed by atoms with van der Waals surface area (Å²) in [5, 5.41) is 7.01. The van der Waals surface area contributed by atoms with Crippen molar-refractivity contribution >= 4 is 27.7 Å². The second-order valence-electron chi connectivity index (χ2n) is 7.04. The quantitative estimate of drug-likeness (QED) is 0.573. The number of hydrogen-bond donors (Lipinski definition) is 2. The Morgan fingerprint density at radius 2 is 2.00 bits per heavy atom. The fraction of sp³-hybridized carbons (Fsp3) is 0.429. The molecule has 0 bridgehead atoms. The summed E-state index contributed by atoms with van der Waals surface area (Å²) in [7, 11) is 1.83. The first-order valence-electron chi connectivity index (χ1n) is 9.46. The van der Waals surface area contributed by atoms with E-state index in [1.165, 1.54) is 11.1 Å². The summed E-state index contributed by atoms with van der Waals surface area (Å²) in [6.07, 6.45) is 2.15. The number of anilines is 1. The van der Waals surface area contributed by atoms with E-state index in [0.29, 0.717) is 6.04 Å². The number of nitrogens with one attached hydrogen (secondary N) is 2. The van der Waals surface area contributed by atoms with Crippen molar-refractivity contribution in [1.82, 2.24) is 15.6 Å². The van der Waals surface area contributed by atoms with Crippen molar-refractivity contribution < 1.29 is 0 Å². The molecular formula is C21H28BrN5. The van der Waals surface area contributed by atoms with Gasteiger partial charge in [-0.15, -0.1) is 0 Å². The number of nitrogens with zero attached hydrogens (tertiary/aromatic N) is 3. The van der Waals surface area contributed by atoms with E-state index in [-0.39, 0.29) is 0 Å². The zero-order chi connectivity index (χ0) is 19.2. The summed E-state index contributed by atoms with van der Waals surface area (Å²) >= 11 is 3.52. The summed E-state index contributed by atoms with van der Waals surface area (Å²) in [5.41, 5.74) is 3.62. The molecule has 1 saturated heterocycles. The number of rotatable bonds is 4. The zero-order valence-corrected chi connectivity index (χ0v) is 17.9. The molecule has 1 fully saturated rings. The molecule has 0 atom stereocenters.